The van der Waals surface area contributed by atoms with Crippen LogP contribution in [0.2, 0.25) is 0 Å². The van der Waals surface area contributed by atoms with E-state index >= 15 is 0 Å². The van der Waals surface area contributed by atoms with Gasteiger partial charge in [-0.1, -0.05) is 6.92 Å². The molecule has 5 nitrogen and oxygen atoms in total. The van der Waals surface area contributed by atoms with Gasteiger partial charge in [0.2, 0.25) is 0 Å². The van der Waals surface area contributed by atoms with Crippen LogP contribution in [0.5, 0.6) is 0 Å². The standard InChI is InChI=1S/C15H23N3O2/c1-2-3-14-17-13(10-20-14)15(19)18-6-4-11-8-16-9-12(11)5-7-18/h10-12,16H,2-9H2,1H3/t11-,12+. The Labute approximate surface area is 119 Å². The number of rotatable bonds is 3. The van der Waals surface area contributed by atoms with Gasteiger partial charge in [0.05, 0.1) is 0 Å². The van der Waals surface area contributed by atoms with Crippen LogP contribution in [0.4, 0.5) is 0 Å². The predicted molar refractivity (Wildman–Crippen MR) is 75.5 cm³/mol. The Kier molecular flexibility index (Phi) is 4.05. The maximum atomic E-state index is 12.5. The monoisotopic (exact) mass is 277 g/mol. The maximum absolute atomic E-state index is 12.5. The molecule has 1 aromatic heterocycles. The van der Waals surface area contributed by atoms with Crippen LogP contribution in [0.3, 0.4) is 0 Å². The smallest absolute Gasteiger partial charge is 0.275 e. The lowest BCUT2D eigenvalue weighted by Crippen LogP contribution is -2.33. The summed E-state index contributed by atoms with van der Waals surface area (Å²) in [5.41, 5.74) is 0.471. The minimum absolute atomic E-state index is 0.0315. The number of carbonyl (C=O) groups is 1. The number of hydrogen-bond donors (Lipinski definition) is 1. The molecule has 110 valence electrons. The zero-order valence-electron chi connectivity index (χ0n) is 12.1. The van der Waals surface area contributed by atoms with Crippen molar-refractivity contribution in [2.75, 3.05) is 26.2 Å². The maximum Gasteiger partial charge on any atom is 0.275 e. The van der Waals surface area contributed by atoms with Crippen LogP contribution in [-0.4, -0.2) is 42.0 Å². The van der Waals surface area contributed by atoms with E-state index in [4.69, 9.17) is 4.42 Å². The summed E-state index contributed by atoms with van der Waals surface area (Å²) in [7, 11) is 0. The van der Waals surface area contributed by atoms with Crippen LogP contribution in [0.15, 0.2) is 10.7 Å². The first-order valence-electron chi connectivity index (χ1n) is 7.72. The van der Waals surface area contributed by atoms with Gasteiger partial charge in [0, 0.05) is 19.5 Å². The average Bonchev–Trinajstić information content (AvgIpc) is 3.05. The van der Waals surface area contributed by atoms with E-state index in [0.29, 0.717) is 11.6 Å². The molecular weight excluding hydrogens is 254 g/mol. The van der Waals surface area contributed by atoms with E-state index in [-0.39, 0.29) is 5.91 Å². The summed E-state index contributed by atoms with van der Waals surface area (Å²) in [6.45, 7) is 5.98. The fraction of sp³-hybridized carbons (Fsp3) is 0.733. The van der Waals surface area contributed by atoms with E-state index in [2.05, 4.69) is 17.2 Å². The first-order valence-corrected chi connectivity index (χ1v) is 7.72. The van der Waals surface area contributed by atoms with Crippen LogP contribution in [0.25, 0.3) is 0 Å². The molecule has 2 fully saturated rings. The van der Waals surface area contributed by atoms with Crippen molar-refractivity contribution in [3.63, 3.8) is 0 Å². The van der Waals surface area contributed by atoms with Crippen molar-refractivity contribution in [1.82, 2.24) is 15.2 Å². The van der Waals surface area contributed by atoms with Gasteiger partial charge in [-0.05, 0) is 44.2 Å². The van der Waals surface area contributed by atoms with Crippen molar-refractivity contribution < 1.29 is 9.21 Å². The highest BCUT2D eigenvalue weighted by molar-refractivity contribution is 5.92. The fourth-order valence-corrected chi connectivity index (χ4v) is 3.32. The average molecular weight is 277 g/mol. The quantitative estimate of drug-likeness (QED) is 0.913. The second-order valence-corrected chi connectivity index (χ2v) is 5.92. The van der Waals surface area contributed by atoms with E-state index in [9.17, 15) is 4.79 Å². The van der Waals surface area contributed by atoms with Gasteiger partial charge in [-0.15, -0.1) is 0 Å². The topological polar surface area (TPSA) is 58.4 Å². The van der Waals surface area contributed by atoms with Crippen molar-refractivity contribution >= 4 is 5.91 Å². The Morgan fingerprint density at radius 3 is 2.75 bits per heavy atom. The highest BCUT2D eigenvalue weighted by Crippen LogP contribution is 2.27. The van der Waals surface area contributed by atoms with Gasteiger partial charge in [-0.2, -0.15) is 0 Å². The molecule has 2 aliphatic heterocycles. The molecule has 1 N–H and O–H groups in total. The third kappa shape index (κ3) is 2.73. The molecule has 0 radical (unpaired) electrons. The van der Waals surface area contributed by atoms with Crippen LogP contribution in [0, 0.1) is 11.8 Å². The van der Waals surface area contributed by atoms with Crippen LogP contribution in [0.1, 0.15) is 42.6 Å². The third-order valence-corrected chi connectivity index (χ3v) is 4.54. The molecule has 1 amide bonds. The Balaban J connectivity index is 1.64. The zero-order chi connectivity index (χ0) is 13.9. The van der Waals surface area contributed by atoms with Crippen LogP contribution in [-0.2, 0) is 6.42 Å². The molecule has 3 rings (SSSR count). The Bertz CT molecular complexity index is 457. The molecule has 5 heteroatoms. The van der Waals surface area contributed by atoms with E-state index < -0.39 is 0 Å². The van der Waals surface area contributed by atoms with Gasteiger partial charge >= 0.3 is 0 Å². The van der Waals surface area contributed by atoms with Gasteiger partial charge in [0.15, 0.2) is 11.6 Å². The highest BCUT2D eigenvalue weighted by Gasteiger charge is 2.32. The fourth-order valence-electron chi connectivity index (χ4n) is 3.32. The second-order valence-electron chi connectivity index (χ2n) is 5.92. The summed E-state index contributed by atoms with van der Waals surface area (Å²) in [5.74, 6) is 2.18. The first kappa shape index (κ1) is 13.6. The van der Waals surface area contributed by atoms with Crippen LogP contribution < -0.4 is 5.32 Å². The van der Waals surface area contributed by atoms with Crippen molar-refractivity contribution in [2.24, 2.45) is 11.8 Å². The summed E-state index contributed by atoms with van der Waals surface area (Å²) < 4.78 is 5.35. The lowest BCUT2D eigenvalue weighted by Gasteiger charge is -2.19. The SMILES string of the molecule is CCCc1nc(C(=O)N2CC[C@@H]3CNC[C@@H]3CC2)co1. The number of fused-ring (bicyclic) bond motifs is 1. The number of hydrogen-bond acceptors (Lipinski definition) is 4. The van der Waals surface area contributed by atoms with Crippen molar-refractivity contribution in [2.45, 2.75) is 32.6 Å². The molecule has 2 atom stereocenters. The molecule has 0 saturated carbocycles. The molecule has 0 unspecified atom stereocenters. The van der Waals surface area contributed by atoms with E-state index in [1.165, 1.54) is 6.26 Å². The molecule has 3 heterocycles. The molecular formula is C15H23N3O2. The van der Waals surface area contributed by atoms with Gasteiger partial charge < -0.3 is 14.6 Å². The summed E-state index contributed by atoms with van der Waals surface area (Å²) in [6.07, 6.45) is 5.49. The van der Waals surface area contributed by atoms with Crippen LogP contribution >= 0.6 is 0 Å². The lowest BCUT2D eigenvalue weighted by molar-refractivity contribution is 0.0752. The van der Waals surface area contributed by atoms with Gasteiger partial charge in [-0.3, -0.25) is 4.79 Å². The Morgan fingerprint density at radius 1 is 1.40 bits per heavy atom. The minimum atomic E-state index is 0.0315. The molecule has 1 aromatic rings. The summed E-state index contributed by atoms with van der Waals surface area (Å²) >= 11 is 0. The van der Waals surface area contributed by atoms with Gasteiger partial charge in [0.1, 0.15) is 6.26 Å². The van der Waals surface area contributed by atoms with Gasteiger partial charge in [-0.25, -0.2) is 4.98 Å². The van der Waals surface area contributed by atoms with E-state index in [0.717, 1.165) is 63.7 Å². The number of aromatic nitrogens is 1. The van der Waals surface area contributed by atoms with Gasteiger partial charge in [0.25, 0.3) is 5.91 Å². The number of nitrogens with zero attached hydrogens (tertiary/aromatic N) is 2. The number of carbonyl (C=O) groups excluding carboxylic acids is 1. The molecule has 2 aliphatic rings. The third-order valence-electron chi connectivity index (χ3n) is 4.54. The summed E-state index contributed by atoms with van der Waals surface area (Å²) in [5, 5.41) is 3.45. The number of amides is 1. The van der Waals surface area contributed by atoms with Crippen molar-refractivity contribution in [3.8, 4) is 0 Å². The lowest BCUT2D eigenvalue weighted by atomic mass is 9.92. The van der Waals surface area contributed by atoms with E-state index in [1.807, 2.05) is 4.90 Å². The second kappa shape index (κ2) is 5.95. The molecule has 0 bridgehead atoms. The normalized spacial score (nSPS) is 26.4. The number of oxazole rings is 1. The minimum Gasteiger partial charge on any atom is -0.448 e. The predicted octanol–water partition coefficient (Wildman–Crippen LogP) is 1.70. The molecule has 2 saturated heterocycles. The number of nitrogens with one attached hydrogen (secondary N) is 1. The number of likely N-dealkylation sites (tertiary alicyclic amines) is 1. The summed E-state index contributed by atoms with van der Waals surface area (Å²) in [4.78, 5) is 18.7. The molecule has 0 spiro atoms. The molecule has 0 aromatic carbocycles. The van der Waals surface area contributed by atoms with E-state index in [1.54, 1.807) is 0 Å². The summed E-state index contributed by atoms with van der Waals surface area (Å²) in [6, 6.07) is 0. The zero-order valence-corrected chi connectivity index (χ0v) is 12.1. The van der Waals surface area contributed by atoms with Crippen molar-refractivity contribution in [3.05, 3.63) is 17.8 Å². The van der Waals surface area contributed by atoms with Crippen molar-refractivity contribution in [1.29, 1.82) is 0 Å². The molecule has 20 heavy (non-hydrogen) atoms. The largest absolute Gasteiger partial charge is 0.448 e. The number of aryl methyl sites for hydroxylation is 1. The Hall–Kier alpha value is -1.36. The first-order chi connectivity index (χ1) is 9.78. The Morgan fingerprint density at radius 2 is 2.10 bits per heavy atom. The highest BCUT2D eigenvalue weighted by atomic mass is 16.3. The molecule has 0 aliphatic carbocycles.